The molecule has 0 spiro atoms. The fourth-order valence-corrected chi connectivity index (χ4v) is 4.48. The fraction of sp³-hybridized carbons (Fsp3) is 0.179. The average molecular weight is 500 g/mol. The molecule has 2 aliphatic heterocycles. The Morgan fingerprint density at radius 2 is 1.65 bits per heavy atom. The van der Waals surface area contributed by atoms with Gasteiger partial charge in [0.25, 0.3) is 11.7 Å². The highest BCUT2D eigenvalue weighted by Gasteiger charge is 2.47. The molecule has 5 rings (SSSR count). The Bertz CT molecular complexity index is 1430. The molecule has 0 bridgehead atoms. The lowest BCUT2D eigenvalue weighted by atomic mass is 9.94. The van der Waals surface area contributed by atoms with Crippen LogP contribution in [-0.2, 0) is 14.4 Å². The number of nitrogens with one attached hydrogen (secondary N) is 1. The summed E-state index contributed by atoms with van der Waals surface area (Å²) in [6, 6.07) is 18.0. The number of ether oxygens (including phenoxy) is 2. The Morgan fingerprint density at radius 3 is 2.30 bits per heavy atom. The number of ketones is 1. The SMILES string of the molecule is CC(=O)Nc1ccc(N2C(=O)C(=O)/C(=C(\O)c3ccc4c(c3)OCO4)C2c2ccc(N(C)C)cc2)cc1. The number of aliphatic hydroxyl groups is 1. The topological polar surface area (TPSA) is 108 Å². The van der Waals surface area contributed by atoms with Gasteiger partial charge in [0.1, 0.15) is 5.76 Å². The number of amides is 2. The summed E-state index contributed by atoms with van der Waals surface area (Å²) in [5.41, 5.74) is 2.89. The fourth-order valence-electron chi connectivity index (χ4n) is 4.48. The molecule has 2 heterocycles. The van der Waals surface area contributed by atoms with Gasteiger partial charge in [-0.1, -0.05) is 12.1 Å². The first kappa shape index (κ1) is 23.9. The van der Waals surface area contributed by atoms with Crippen molar-refractivity contribution >= 4 is 40.4 Å². The standard InChI is InChI=1S/C28H25N3O6/c1-16(32)29-19-7-11-21(12-8-19)31-25(17-4-9-20(10-5-17)30(2)3)24(27(34)28(31)35)26(33)18-6-13-22-23(14-18)37-15-36-22/h4-14,25,33H,15H2,1-3H3,(H,29,32)/b26-24-. The first-order valence-corrected chi connectivity index (χ1v) is 11.6. The highest BCUT2D eigenvalue weighted by Crippen LogP contribution is 2.44. The van der Waals surface area contributed by atoms with Crippen LogP contribution < -0.4 is 24.6 Å². The number of Topliss-reactive ketones (excluding diaryl/α,β-unsaturated/α-hetero) is 1. The molecule has 1 saturated heterocycles. The Hall–Kier alpha value is -4.79. The van der Waals surface area contributed by atoms with Crippen LogP contribution in [0.5, 0.6) is 11.5 Å². The van der Waals surface area contributed by atoms with Gasteiger partial charge in [-0.2, -0.15) is 0 Å². The molecule has 2 N–H and O–H groups in total. The van der Waals surface area contributed by atoms with E-state index in [9.17, 15) is 19.5 Å². The molecular formula is C28H25N3O6. The van der Waals surface area contributed by atoms with Gasteiger partial charge in [0.05, 0.1) is 11.6 Å². The van der Waals surface area contributed by atoms with Gasteiger partial charge >= 0.3 is 0 Å². The largest absolute Gasteiger partial charge is 0.507 e. The normalized spacial score (nSPS) is 17.7. The van der Waals surface area contributed by atoms with Crippen molar-refractivity contribution in [3.8, 4) is 11.5 Å². The first-order chi connectivity index (χ1) is 17.7. The van der Waals surface area contributed by atoms with Crippen molar-refractivity contribution in [3.63, 3.8) is 0 Å². The molecule has 0 radical (unpaired) electrons. The van der Waals surface area contributed by atoms with Gasteiger partial charge in [-0.15, -0.1) is 0 Å². The Morgan fingerprint density at radius 1 is 0.973 bits per heavy atom. The number of hydrogen-bond acceptors (Lipinski definition) is 7. The molecule has 0 aromatic heterocycles. The lowest BCUT2D eigenvalue weighted by molar-refractivity contribution is -0.132. The lowest BCUT2D eigenvalue weighted by Crippen LogP contribution is -2.29. The second-order valence-corrected chi connectivity index (χ2v) is 8.95. The van der Waals surface area contributed by atoms with Crippen molar-refractivity contribution < 1.29 is 29.0 Å². The molecule has 37 heavy (non-hydrogen) atoms. The summed E-state index contributed by atoms with van der Waals surface area (Å²) in [5, 5.41) is 14.0. The van der Waals surface area contributed by atoms with E-state index in [-0.39, 0.29) is 24.0 Å². The third kappa shape index (κ3) is 4.35. The second kappa shape index (κ2) is 9.34. The van der Waals surface area contributed by atoms with Crippen molar-refractivity contribution in [3.05, 3.63) is 83.4 Å². The van der Waals surface area contributed by atoms with E-state index in [1.54, 1.807) is 42.5 Å². The van der Waals surface area contributed by atoms with Crippen LogP contribution in [0, 0.1) is 0 Å². The van der Waals surface area contributed by atoms with Crippen molar-refractivity contribution in [2.45, 2.75) is 13.0 Å². The first-order valence-electron chi connectivity index (χ1n) is 11.6. The molecule has 3 aromatic carbocycles. The maximum atomic E-state index is 13.4. The van der Waals surface area contributed by atoms with Gasteiger partial charge in [-0.05, 0) is 60.2 Å². The van der Waals surface area contributed by atoms with Crippen LogP contribution >= 0.6 is 0 Å². The number of benzene rings is 3. The van der Waals surface area contributed by atoms with E-state index in [2.05, 4.69) is 5.32 Å². The number of aliphatic hydroxyl groups excluding tert-OH is 1. The number of rotatable bonds is 5. The number of anilines is 3. The summed E-state index contributed by atoms with van der Waals surface area (Å²) in [6.45, 7) is 1.47. The minimum Gasteiger partial charge on any atom is -0.507 e. The Balaban J connectivity index is 1.64. The Kier molecular flexibility index (Phi) is 6.04. The van der Waals surface area contributed by atoms with E-state index >= 15 is 0 Å². The molecule has 9 heteroatoms. The molecule has 1 unspecified atom stereocenters. The summed E-state index contributed by atoms with van der Waals surface area (Å²) < 4.78 is 10.8. The van der Waals surface area contributed by atoms with Gasteiger partial charge in [0.2, 0.25) is 12.7 Å². The number of hydrogen-bond donors (Lipinski definition) is 2. The minimum absolute atomic E-state index is 0.0348. The molecule has 188 valence electrons. The minimum atomic E-state index is -0.881. The van der Waals surface area contributed by atoms with Crippen molar-refractivity contribution in [1.82, 2.24) is 0 Å². The van der Waals surface area contributed by atoms with Gasteiger partial charge in [0.15, 0.2) is 11.5 Å². The molecular weight excluding hydrogens is 474 g/mol. The van der Waals surface area contributed by atoms with Crippen molar-refractivity contribution in [1.29, 1.82) is 0 Å². The summed E-state index contributed by atoms with van der Waals surface area (Å²) >= 11 is 0. The molecule has 2 aliphatic rings. The molecule has 0 aliphatic carbocycles. The van der Waals surface area contributed by atoms with E-state index < -0.39 is 17.7 Å². The van der Waals surface area contributed by atoms with Crippen LogP contribution in [0.4, 0.5) is 17.1 Å². The summed E-state index contributed by atoms with van der Waals surface area (Å²) in [4.78, 5) is 41.5. The monoisotopic (exact) mass is 499 g/mol. The van der Waals surface area contributed by atoms with E-state index in [0.29, 0.717) is 34.0 Å². The third-order valence-corrected chi connectivity index (χ3v) is 6.28. The van der Waals surface area contributed by atoms with E-state index in [0.717, 1.165) is 5.69 Å². The number of fused-ring (bicyclic) bond motifs is 1. The molecule has 2 amide bonds. The molecule has 9 nitrogen and oxygen atoms in total. The summed E-state index contributed by atoms with van der Waals surface area (Å²) in [5.74, 6) is -1.13. The van der Waals surface area contributed by atoms with Crippen LogP contribution in [0.1, 0.15) is 24.1 Å². The van der Waals surface area contributed by atoms with E-state index in [1.165, 1.54) is 11.8 Å². The summed E-state index contributed by atoms with van der Waals surface area (Å²) in [7, 11) is 3.83. The van der Waals surface area contributed by atoms with Crippen LogP contribution in [0.15, 0.2) is 72.3 Å². The summed E-state index contributed by atoms with van der Waals surface area (Å²) in [6.07, 6.45) is 0. The highest BCUT2D eigenvalue weighted by atomic mass is 16.7. The predicted molar refractivity (Wildman–Crippen MR) is 139 cm³/mol. The number of carbonyl (C=O) groups excluding carboxylic acids is 3. The zero-order valence-corrected chi connectivity index (χ0v) is 20.5. The zero-order valence-electron chi connectivity index (χ0n) is 20.5. The zero-order chi connectivity index (χ0) is 26.3. The van der Waals surface area contributed by atoms with Crippen LogP contribution in [0.2, 0.25) is 0 Å². The van der Waals surface area contributed by atoms with Gasteiger partial charge in [0, 0.05) is 43.6 Å². The van der Waals surface area contributed by atoms with Gasteiger partial charge in [-0.3, -0.25) is 19.3 Å². The second-order valence-electron chi connectivity index (χ2n) is 8.95. The maximum Gasteiger partial charge on any atom is 0.300 e. The molecule has 1 fully saturated rings. The lowest BCUT2D eigenvalue weighted by Gasteiger charge is -2.26. The van der Waals surface area contributed by atoms with Gasteiger partial charge < -0.3 is 24.8 Å². The maximum absolute atomic E-state index is 13.4. The average Bonchev–Trinajstić information content (AvgIpc) is 3.46. The third-order valence-electron chi connectivity index (χ3n) is 6.28. The molecule has 0 saturated carbocycles. The van der Waals surface area contributed by atoms with E-state index in [4.69, 9.17) is 9.47 Å². The number of nitrogens with zero attached hydrogens (tertiary/aromatic N) is 2. The highest BCUT2D eigenvalue weighted by molar-refractivity contribution is 6.51. The van der Waals surface area contributed by atoms with Crippen LogP contribution in [-0.4, -0.2) is 43.6 Å². The van der Waals surface area contributed by atoms with Crippen molar-refractivity contribution in [2.75, 3.05) is 36.0 Å². The quantitative estimate of drug-likeness (QED) is 0.310. The van der Waals surface area contributed by atoms with Gasteiger partial charge in [-0.25, -0.2) is 0 Å². The van der Waals surface area contributed by atoms with Crippen molar-refractivity contribution in [2.24, 2.45) is 0 Å². The van der Waals surface area contributed by atoms with Crippen LogP contribution in [0.25, 0.3) is 5.76 Å². The molecule has 3 aromatic rings. The van der Waals surface area contributed by atoms with Crippen LogP contribution in [0.3, 0.4) is 0 Å². The predicted octanol–water partition coefficient (Wildman–Crippen LogP) is 4.07. The number of carbonyl (C=O) groups is 3. The smallest absolute Gasteiger partial charge is 0.300 e. The Labute approximate surface area is 213 Å². The molecule has 1 atom stereocenters. The van der Waals surface area contributed by atoms with E-state index in [1.807, 2.05) is 43.3 Å².